The third-order valence-corrected chi connectivity index (χ3v) is 6.46. The lowest BCUT2D eigenvalue weighted by Crippen LogP contribution is -2.14. The van der Waals surface area contributed by atoms with Crippen molar-refractivity contribution in [1.82, 2.24) is 19.7 Å². The number of benzene rings is 2. The molecule has 4 aromatic rings. The van der Waals surface area contributed by atoms with Gasteiger partial charge in [0, 0.05) is 35.2 Å². The number of amides is 1. The first-order chi connectivity index (χ1) is 15.7. The molecule has 3 heterocycles. The molecule has 0 aliphatic carbocycles. The summed E-state index contributed by atoms with van der Waals surface area (Å²) < 4.78 is 15.3. The Morgan fingerprint density at radius 1 is 1.00 bits per heavy atom. The van der Waals surface area contributed by atoms with E-state index in [1.165, 1.54) is 29.9 Å². The van der Waals surface area contributed by atoms with Gasteiger partial charge in [-0.15, -0.1) is 21.5 Å². The Kier molecular flexibility index (Phi) is 5.77. The quantitative estimate of drug-likeness (QED) is 0.461. The molecule has 0 spiro atoms. The van der Waals surface area contributed by atoms with E-state index in [9.17, 15) is 9.18 Å². The minimum absolute atomic E-state index is 0.134. The molecule has 0 fully saturated rings. The highest BCUT2D eigenvalue weighted by molar-refractivity contribution is 7.13. The van der Waals surface area contributed by atoms with Crippen molar-refractivity contribution >= 4 is 22.9 Å². The molecule has 8 heteroatoms. The van der Waals surface area contributed by atoms with Gasteiger partial charge in [-0.25, -0.2) is 9.37 Å². The van der Waals surface area contributed by atoms with Gasteiger partial charge in [-0.05, 0) is 61.4 Å². The second kappa shape index (κ2) is 9.00. The zero-order valence-electron chi connectivity index (χ0n) is 17.4. The summed E-state index contributed by atoms with van der Waals surface area (Å²) in [5, 5.41) is 14.3. The van der Waals surface area contributed by atoms with Crippen LogP contribution in [0.25, 0.3) is 22.0 Å². The fourth-order valence-corrected chi connectivity index (χ4v) is 4.71. The van der Waals surface area contributed by atoms with Crippen LogP contribution in [0.1, 0.15) is 30.8 Å². The molecule has 0 atom stereocenters. The summed E-state index contributed by atoms with van der Waals surface area (Å²) in [6.07, 6.45) is 4.68. The number of nitrogens with one attached hydrogen (secondary N) is 1. The molecule has 0 bridgehead atoms. The van der Waals surface area contributed by atoms with Crippen LogP contribution >= 0.6 is 11.3 Å². The van der Waals surface area contributed by atoms with Crippen LogP contribution in [0.2, 0.25) is 0 Å². The van der Waals surface area contributed by atoms with Crippen LogP contribution in [0.5, 0.6) is 0 Å². The number of halogens is 1. The van der Waals surface area contributed by atoms with Crippen molar-refractivity contribution in [3.8, 4) is 22.0 Å². The third-order valence-electron chi connectivity index (χ3n) is 5.52. The van der Waals surface area contributed by atoms with Crippen molar-refractivity contribution in [1.29, 1.82) is 0 Å². The molecule has 162 valence electrons. The molecule has 32 heavy (non-hydrogen) atoms. The molecular formula is C24H22FN5OS. The van der Waals surface area contributed by atoms with Gasteiger partial charge in [0.25, 0.3) is 0 Å². The lowest BCUT2D eigenvalue weighted by molar-refractivity contribution is -0.115. The van der Waals surface area contributed by atoms with Gasteiger partial charge in [-0.1, -0.05) is 6.42 Å². The maximum absolute atomic E-state index is 13.1. The standard InChI is InChI=1S/C24H22FN5OS/c25-18-9-5-17(6-10-18)24-27-20(15-32-24)14-22(31)26-19-11-7-16(8-12-19)23-29-28-21-4-2-1-3-13-30(21)23/h5-12,15H,1-4,13-14H2,(H,26,31). The van der Waals surface area contributed by atoms with Crippen molar-refractivity contribution in [3.05, 3.63) is 71.2 Å². The molecule has 1 aliphatic rings. The Hall–Kier alpha value is -3.39. The molecule has 2 aromatic heterocycles. The summed E-state index contributed by atoms with van der Waals surface area (Å²) in [6, 6.07) is 13.9. The Morgan fingerprint density at radius 2 is 1.78 bits per heavy atom. The maximum atomic E-state index is 13.1. The average Bonchev–Trinajstić information content (AvgIpc) is 3.35. The molecule has 1 aliphatic heterocycles. The second-order valence-corrected chi connectivity index (χ2v) is 8.71. The first-order valence-corrected chi connectivity index (χ1v) is 11.6. The average molecular weight is 448 g/mol. The van der Waals surface area contributed by atoms with Gasteiger partial charge >= 0.3 is 0 Å². The molecule has 5 rings (SSSR count). The second-order valence-electron chi connectivity index (χ2n) is 7.86. The Bertz CT molecular complexity index is 1230. The van der Waals surface area contributed by atoms with Gasteiger partial charge in [0.15, 0.2) is 5.82 Å². The number of hydrogen-bond acceptors (Lipinski definition) is 5. The van der Waals surface area contributed by atoms with Crippen LogP contribution < -0.4 is 5.32 Å². The van der Waals surface area contributed by atoms with Gasteiger partial charge in [-0.2, -0.15) is 0 Å². The number of hydrogen-bond donors (Lipinski definition) is 1. The number of thiazole rings is 1. The van der Waals surface area contributed by atoms with Gasteiger partial charge < -0.3 is 9.88 Å². The number of aryl methyl sites for hydroxylation is 1. The van der Waals surface area contributed by atoms with Crippen LogP contribution in [0.4, 0.5) is 10.1 Å². The zero-order chi connectivity index (χ0) is 21.9. The molecule has 0 saturated heterocycles. The number of anilines is 1. The van der Waals surface area contributed by atoms with E-state index in [1.54, 1.807) is 12.1 Å². The fraction of sp³-hybridized carbons (Fsp3) is 0.250. The summed E-state index contributed by atoms with van der Waals surface area (Å²) in [5.74, 6) is 1.52. The normalized spacial score (nSPS) is 13.4. The van der Waals surface area contributed by atoms with Gasteiger partial charge in [-0.3, -0.25) is 4.79 Å². The molecule has 2 aromatic carbocycles. The van der Waals surface area contributed by atoms with E-state index >= 15 is 0 Å². The smallest absolute Gasteiger partial charge is 0.230 e. The fourth-order valence-electron chi connectivity index (χ4n) is 3.88. The molecule has 1 amide bonds. The SMILES string of the molecule is O=C(Cc1csc(-c2ccc(F)cc2)n1)Nc1ccc(-c2nnc3n2CCCCC3)cc1. The number of fused-ring (bicyclic) bond motifs is 1. The van der Waals surface area contributed by atoms with Crippen molar-refractivity contribution in [2.24, 2.45) is 0 Å². The number of carbonyl (C=O) groups is 1. The highest BCUT2D eigenvalue weighted by Gasteiger charge is 2.16. The number of aromatic nitrogens is 4. The lowest BCUT2D eigenvalue weighted by Gasteiger charge is -2.08. The number of nitrogens with zero attached hydrogens (tertiary/aromatic N) is 4. The Balaban J connectivity index is 1.23. The summed E-state index contributed by atoms with van der Waals surface area (Å²) in [5.41, 5.74) is 3.25. The zero-order valence-corrected chi connectivity index (χ0v) is 18.2. The van der Waals surface area contributed by atoms with Crippen molar-refractivity contribution in [2.75, 3.05) is 5.32 Å². The molecule has 0 unspecified atom stereocenters. The van der Waals surface area contributed by atoms with Crippen molar-refractivity contribution in [3.63, 3.8) is 0 Å². The summed E-state index contributed by atoms with van der Waals surface area (Å²) in [7, 11) is 0. The molecule has 0 saturated carbocycles. The maximum Gasteiger partial charge on any atom is 0.230 e. The minimum atomic E-state index is -0.282. The molecular weight excluding hydrogens is 425 g/mol. The van der Waals surface area contributed by atoms with E-state index in [0.717, 1.165) is 59.3 Å². The highest BCUT2D eigenvalue weighted by Crippen LogP contribution is 2.25. The topological polar surface area (TPSA) is 72.7 Å². The Labute approximate surface area is 189 Å². The van der Waals surface area contributed by atoms with E-state index in [4.69, 9.17) is 0 Å². The largest absolute Gasteiger partial charge is 0.326 e. The van der Waals surface area contributed by atoms with E-state index in [0.29, 0.717) is 5.69 Å². The summed E-state index contributed by atoms with van der Waals surface area (Å²) in [6.45, 7) is 0.948. The van der Waals surface area contributed by atoms with Crippen LogP contribution in [0.15, 0.2) is 53.9 Å². The molecule has 0 radical (unpaired) electrons. The summed E-state index contributed by atoms with van der Waals surface area (Å²) >= 11 is 1.44. The van der Waals surface area contributed by atoms with Crippen molar-refractivity contribution in [2.45, 2.75) is 38.6 Å². The lowest BCUT2D eigenvalue weighted by atomic mass is 10.2. The first kappa shape index (κ1) is 20.5. The van der Waals surface area contributed by atoms with Crippen LogP contribution in [0.3, 0.4) is 0 Å². The van der Waals surface area contributed by atoms with E-state index in [2.05, 4.69) is 25.1 Å². The van der Waals surface area contributed by atoms with Crippen LogP contribution in [0, 0.1) is 5.82 Å². The highest BCUT2D eigenvalue weighted by atomic mass is 32.1. The predicted molar refractivity (Wildman–Crippen MR) is 123 cm³/mol. The summed E-state index contributed by atoms with van der Waals surface area (Å²) in [4.78, 5) is 17.0. The van der Waals surface area contributed by atoms with E-state index < -0.39 is 0 Å². The number of carbonyl (C=O) groups excluding carboxylic acids is 1. The molecule has 1 N–H and O–H groups in total. The minimum Gasteiger partial charge on any atom is -0.326 e. The van der Waals surface area contributed by atoms with Gasteiger partial charge in [0.05, 0.1) is 12.1 Å². The number of rotatable bonds is 5. The third kappa shape index (κ3) is 4.45. The van der Waals surface area contributed by atoms with Crippen LogP contribution in [-0.4, -0.2) is 25.7 Å². The van der Waals surface area contributed by atoms with Crippen LogP contribution in [-0.2, 0) is 24.2 Å². The molecule has 6 nitrogen and oxygen atoms in total. The van der Waals surface area contributed by atoms with Gasteiger partial charge in [0.1, 0.15) is 16.6 Å². The van der Waals surface area contributed by atoms with E-state index in [1.807, 2.05) is 29.6 Å². The first-order valence-electron chi connectivity index (χ1n) is 10.7. The van der Waals surface area contributed by atoms with Gasteiger partial charge in [0.2, 0.25) is 5.91 Å². The van der Waals surface area contributed by atoms with Crippen molar-refractivity contribution < 1.29 is 9.18 Å². The van der Waals surface area contributed by atoms with E-state index in [-0.39, 0.29) is 18.1 Å². The Morgan fingerprint density at radius 3 is 2.59 bits per heavy atom. The monoisotopic (exact) mass is 447 g/mol. The predicted octanol–water partition coefficient (Wildman–Crippen LogP) is 5.12.